The first-order valence-electron chi connectivity index (χ1n) is 6.26. The fraction of sp³-hybridized carbons (Fsp3) is 0.538. The lowest BCUT2D eigenvalue weighted by molar-refractivity contribution is -0.274. The number of nitrogens with one attached hydrogen (secondary N) is 1. The van der Waals surface area contributed by atoms with Gasteiger partial charge in [0.25, 0.3) is 0 Å². The summed E-state index contributed by atoms with van der Waals surface area (Å²) < 4.78 is 41.2. The number of para-hydroxylation sites is 2. The Morgan fingerprint density at radius 2 is 1.84 bits per heavy atom. The molecule has 0 amide bonds. The molecular weight excluding hydrogens is 257 g/mol. The Morgan fingerprint density at radius 3 is 2.47 bits per heavy atom. The summed E-state index contributed by atoms with van der Waals surface area (Å²) in [5.74, 6) is -0.143. The second-order valence-corrected chi connectivity index (χ2v) is 4.61. The second kappa shape index (κ2) is 5.69. The second-order valence-electron chi connectivity index (χ2n) is 4.61. The third-order valence-electron chi connectivity index (χ3n) is 3.33. The topological polar surface area (TPSA) is 24.5 Å². The molecule has 0 spiro atoms. The van der Waals surface area contributed by atoms with Crippen LogP contribution in [0.2, 0.25) is 0 Å². The van der Waals surface area contributed by atoms with Crippen molar-refractivity contribution in [3.8, 4) is 5.75 Å². The van der Waals surface area contributed by atoms with Crippen LogP contribution in [0.15, 0.2) is 24.3 Å². The van der Waals surface area contributed by atoms with Gasteiger partial charge in [0, 0.05) is 13.1 Å². The van der Waals surface area contributed by atoms with Crippen LogP contribution in [0, 0.1) is 0 Å². The van der Waals surface area contributed by atoms with Crippen molar-refractivity contribution >= 4 is 5.69 Å². The van der Waals surface area contributed by atoms with Gasteiger partial charge in [-0.05, 0) is 38.1 Å². The molecule has 106 valence electrons. The van der Waals surface area contributed by atoms with E-state index in [1.54, 1.807) is 18.2 Å². The molecule has 1 aliphatic rings. The summed E-state index contributed by atoms with van der Waals surface area (Å²) >= 11 is 0. The lowest BCUT2D eigenvalue weighted by Crippen LogP contribution is -2.41. The zero-order valence-corrected chi connectivity index (χ0v) is 10.7. The summed E-state index contributed by atoms with van der Waals surface area (Å²) in [5.41, 5.74) is 0.478. The highest BCUT2D eigenvalue weighted by molar-refractivity contribution is 5.58. The van der Waals surface area contributed by atoms with Crippen LogP contribution >= 0.6 is 0 Å². The van der Waals surface area contributed by atoms with E-state index in [0.717, 1.165) is 25.9 Å². The molecule has 6 heteroatoms. The van der Waals surface area contributed by atoms with Crippen LogP contribution < -0.4 is 15.0 Å². The minimum Gasteiger partial charge on any atom is -0.404 e. The highest BCUT2D eigenvalue weighted by Gasteiger charge is 2.33. The lowest BCUT2D eigenvalue weighted by atomic mass is 10.0. The van der Waals surface area contributed by atoms with E-state index >= 15 is 0 Å². The summed E-state index contributed by atoms with van der Waals surface area (Å²) in [4.78, 5) is 1.88. The zero-order valence-electron chi connectivity index (χ0n) is 10.7. The van der Waals surface area contributed by atoms with Gasteiger partial charge in [-0.15, -0.1) is 13.2 Å². The maximum atomic E-state index is 12.4. The quantitative estimate of drug-likeness (QED) is 0.917. The SMILES string of the molecule is CN(c1ccccc1OC(F)(F)F)C1CCNCC1. The van der Waals surface area contributed by atoms with Crippen molar-refractivity contribution in [2.75, 3.05) is 25.0 Å². The van der Waals surface area contributed by atoms with Gasteiger partial charge in [0.1, 0.15) is 0 Å². The molecule has 0 aliphatic carbocycles. The molecule has 0 atom stereocenters. The molecule has 19 heavy (non-hydrogen) atoms. The number of nitrogens with zero attached hydrogens (tertiary/aromatic N) is 1. The molecule has 1 aromatic rings. The first kappa shape index (κ1) is 14.0. The number of hydrogen-bond acceptors (Lipinski definition) is 3. The molecule has 1 saturated heterocycles. The normalized spacial score (nSPS) is 17.3. The Bertz CT molecular complexity index is 417. The van der Waals surface area contributed by atoms with Gasteiger partial charge in [-0.3, -0.25) is 0 Å². The number of benzene rings is 1. The monoisotopic (exact) mass is 274 g/mol. The van der Waals surface area contributed by atoms with E-state index in [0.29, 0.717) is 5.69 Å². The van der Waals surface area contributed by atoms with Gasteiger partial charge >= 0.3 is 6.36 Å². The van der Waals surface area contributed by atoms with Gasteiger partial charge in [0.05, 0.1) is 5.69 Å². The van der Waals surface area contributed by atoms with Crippen LogP contribution in [0.1, 0.15) is 12.8 Å². The molecule has 0 unspecified atom stereocenters. The van der Waals surface area contributed by atoms with E-state index in [9.17, 15) is 13.2 Å². The van der Waals surface area contributed by atoms with Gasteiger partial charge in [-0.1, -0.05) is 12.1 Å². The number of rotatable bonds is 3. The highest BCUT2D eigenvalue weighted by Crippen LogP contribution is 2.33. The fourth-order valence-electron chi connectivity index (χ4n) is 2.35. The van der Waals surface area contributed by atoms with Crippen LogP contribution in [-0.4, -0.2) is 32.5 Å². The summed E-state index contributed by atoms with van der Waals surface area (Å²) in [7, 11) is 1.81. The molecule has 2 rings (SSSR count). The Labute approximate surface area is 110 Å². The molecule has 1 aliphatic heterocycles. The van der Waals surface area contributed by atoms with E-state index < -0.39 is 6.36 Å². The van der Waals surface area contributed by atoms with Crippen LogP contribution in [-0.2, 0) is 0 Å². The average Bonchev–Trinajstić information content (AvgIpc) is 2.38. The average molecular weight is 274 g/mol. The van der Waals surface area contributed by atoms with Gasteiger partial charge in [-0.2, -0.15) is 0 Å². The summed E-state index contributed by atoms with van der Waals surface area (Å²) in [5, 5.41) is 3.24. The predicted molar refractivity (Wildman–Crippen MR) is 67.4 cm³/mol. The number of hydrogen-bond donors (Lipinski definition) is 1. The van der Waals surface area contributed by atoms with E-state index in [1.807, 2.05) is 11.9 Å². The molecule has 0 bridgehead atoms. The van der Waals surface area contributed by atoms with Crippen molar-refractivity contribution in [1.29, 1.82) is 0 Å². The Morgan fingerprint density at radius 1 is 1.21 bits per heavy atom. The van der Waals surface area contributed by atoms with E-state index in [-0.39, 0.29) is 11.8 Å². The molecule has 1 fully saturated rings. The fourth-order valence-corrected chi connectivity index (χ4v) is 2.35. The van der Waals surface area contributed by atoms with E-state index in [2.05, 4.69) is 10.1 Å². The molecule has 0 radical (unpaired) electrons. The highest BCUT2D eigenvalue weighted by atomic mass is 19.4. The van der Waals surface area contributed by atoms with Gasteiger partial charge < -0.3 is 15.0 Å². The summed E-state index contributed by atoms with van der Waals surface area (Å²) in [6.07, 6.45) is -2.83. The number of alkyl halides is 3. The van der Waals surface area contributed by atoms with Crippen molar-refractivity contribution in [1.82, 2.24) is 5.32 Å². The smallest absolute Gasteiger partial charge is 0.404 e. The summed E-state index contributed by atoms with van der Waals surface area (Å²) in [6.45, 7) is 1.77. The van der Waals surface area contributed by atoms with Crippen LogP contribution in [0.25, 0.3) is 0 Å². The van der Waals surface area contributed by atoms with Crippen molar-refractivity contribution in [2.45, 2.75) is 25.2 Å². The molecule has 3 nitrogen and oxygen atoms in total. The first-order chi connectivity index (χ1) is 8.97. The van der Waals surface area contributed by atoms with Crippen molar-refractivity contribution in [3.63, 3.8) is 0 Å². The molecule has 0 aromatic heterocycles. The van der Waals surface area contributed by atoms with E-state index in [1.165, 1.54) is 6.07 Å². The van der Waals surface area contributed by atoms with Crippen molar-refractivity contribution in [2.24, 2.45) is 0 Å². The number of halogens is 3. The van der Waals surface area contributed by atoms with Crippen molar-refractivity contribution < 1.29 is 17.9 Å². The molecular formula is C13H17F3N2O. The van der Waals surface area contributed by atoms with Crippen LogP contribution in [0.4, 0.5) is 18.9 Å². The van der Waals surface area contributed by atoms with Crippen molar-refractivity contribution in [3.05, 3.63) is 24.3 Å². The van der Waals surface area contributed by atoms with Gasteiger partial charge in [0.15, 0.2) is 5.75 Å². The van der Waals surface area contributed by atoms with Crippen LogP contribution in [0.5, 0.6) is 5.75 Å². The largest absolute Gasteiger partial charge is 0.573 e. The molecule has 1 heterocycles. The van der Waals surface area contributed by atoms with Crippen LogP contribution in [0.3, 0.4) is 0 Å². The molecule has 0 saturated carbocycles. The molecule has 1 N–H and O–H groups in total. The summed E-state index contributed by atoms with van der Waals surface area (Å²) in [6, 6.07) is 6.50. The maximum Gasteiger partial charge on any atom is 0.573 e. The Hall–Kier alpha value is -1.43. The third-order valence-corrected chi connectivity index (χ3v) is 3.33. The first-order valence-corrected chi connectivity index (χ1v) is 6.26. The Kier molecular flexibility index (Phi) is 4.19. The third kappa shape index (κ3) is 3.76. The minimum absolute atomic E-state index is 0.143. The molecule has 1 aromatic carbocycles. The number of piperidine rings is 1. The zero-order chi connectivity index (χ0) is 13.9. The minimum atomic E-state index is -4.66. The number of anilines is 1. The van der Waals surface area contributed by atoms with E-state index in [4.69, 9.17) is 0 Å². The van der Waals surface area contributed by atoms with Gasteiger partial charge in [0.2, 0.25) is 0 Å². The standard InChI is InChI=1S/C13H17F3N2O/c1-18(10-6-8-17-9-7-10)11-4-2-3-5-12(11)19-13(14,15)16/h2-5,10,17H,6-9H2,1H3. The number of ether oxygens (including phenoxy) is 1. The maximum absolute atomic E-state index is 12.4. The lowest BCUT2D eigenvalue weighted by Gasteiger charge is -2.34. The predicted octanol–water partition coefficient (Wildman–Crippen LogP) is 2.77. The Balaban J connectivity index is 2.18. The van der Waals surface area contributed by atoms with Gasteiger partial charge in [-0.25, -0.2) is 0 Å².